The van der Waals surface area contributed by atoms with Gasteiger partial charge < -0.3 is 10.8 Å². The molecule has 4 nitrogen and oxygen atoms in total. The van der Waals surface area contributed by atoms with Crippen molar-refractivity contribution in [1.29, 1.82) is 0 Å². The molecular formula is C9H12N2O2. The quantitative estimate of drug-likeness (QED) is 0.698. The Bertz CT molecular complexity index is 274. The molecule has 1 aromatic rings. The average Bonchev–Trinajstić information content (AvgIpc) is 2.15. The van der Waals surface area contributed by atoms with E-state index in [-0.39, 0.29) is 6.54 Å². The lowest BCUT2D eigenvalue weighted by molar-refractivity contribution is -0.141. The second-order valence-electron chi connectivity index (χ2n) is 2.84. The molecule has 0 aliphatic rings. The number of hydrogen-bond donors (Lipinski definition) is 2. The van der Waals surface area contributed by atoms with Gasteiger partial charge in [-0.15, -0.1) is 0 Å². The first-order valence-corrected chi connectivity index (χ1v) is 4.06. The van der Waals surface area contributed by atoms with Crippen molar-refractivity contribution in [2.75, 3.05) is 6.54 Å². The summed E-state index contributed by atoms with van der Waals surface area (Å²) < 4.78 is 0. The highest BCUT2D eigenvalue weighted by atomic mass is 16.4. The molecule has 0 aliphatic heterocycles. The maximum Gasteiger partial charge on any atom is 0.308 e. The lowest BCUT2D eigenvalue weighted by Gasteiger charge is -2.08. The first-order chi connectivity index (χ1) is 6.24. The van der Waals surface area contributed by atoms with E-state index in [0.29, 0.717) is 6.42 Å². The average molecular weight is 180 g/mol. The fourth-order valence-corrected chi connectivity index (χ4v) is 1.07. The predicted octanol–water partition coefficient (Wildman–Crippen LogP) is 0.284. The molecule has 0 radical (unpaired) electrons. The first kappa shape index (κ1) is 9.67. The predicted molar refractivity (Wildman–Crippen MR) is 48.1 cm³/mol. The zero-order chi connectivity index (χ0) is 9.68. The number of aliphatic carboxylic acids is 1. The number of nitrogens with zero attached hydrogens (tertiary/aromatic N) is 1. The minimum Gasteiger partial charge on any atom is -0.481 e. The first-order valence-electron chi connectivity index (χ1n) is 4.06. The molecule has 0 fully saturated rings. The molecule has 0 saturated heterocycles. The molecule has 0 aromatic carbocycles. The minimum atomic E-state index is -0.855. The zero-order valence-corrected chi connectivity index (χ0v) is 7.18. The van der Waals surface area contributed by atoms with Crippen molar-refractivity contribution in [3.63, 3.8) is 0 Å². The number of carbonyl (C=O) groups is 1. The molecule has 1 heterocycles. The van der Waals surface area contributed by atoms with E-state index in [1.165, 1.54) is 0 Å². The molecule has 1 atom stereocenters. The van der Waals surface area contributed by atoms with Crippen LogP contribution in [0.1, 0.15) is 5.56 Å². The van der Waals surface area contributed by atoms with E-state index in [2.05, 4.69) is 4.98 Å². The molecule has 1 aromatic heterocycles. The Labute approximate surface area is 76.4 Å². The second kappa shape index (κ2) is 4.57. The Kier molecular flexibility index (Phi) is 3.40. The van der Waals surface area contributed by atoms with Crippen LogP contribution in [0.5, 0.6) is 0 Å². The number of pyridine rings is 1. The Morgan fingerprint density at radius 2 is 2.46 bits per heavy atom. The monoisotopic (exact) mass is 180 g/mol. The summed E-state index contributed by atoms with van der Waals surface area (Å²) in [6.45, 7) is 0.157. The van der Waals surface area contributed by atoms with Gasteiger partial charge in [0.05, 0.1) is 5.92 Å². The maximum absolute atomic E-state index is 10.6. The summed E-state index contributed by atoms with van der Waals surface area (Å²) in [5.41, 5.74) is 6.22. The largest absolute Gasteiger partial charge is 0.481 e. The van der Waals surface area contributed by atoms with E-state index in [9.17, 15) is 4.79 Å². The highest BCUT2D eigenvalue weighted by Gasteiger charge is 2.15. The third kappa shape index (κ3) is 2.83. The van der Waals surface area contributed by atoms with Crippen LogP contribution in [-0.4, -0.2) is 22.6 Å². The van der Waals surface area contributed by atoms with E-state index in [0.717, 1.165) is 5.56 Å². The van der Waals surface area contributed by atoms with Crippen LogP contribution in [0.2, 0.25) is 0 Å². The molecule has 70 valence electrons. The Hall–Kier alpha value is -1.42. The molecule has 1 rings (SSSR count). The van der Waals surface area contributed by atoms with E-state index < -0.39 is 11.9 Å². The topological polar surface area (TPSA) is 76.2 Å². The van der Waals surface area contributed by atoms with Crippen molar-refractivity contribution in [3.05, 3.63) is 30.1 Å². The summed E-state index contributed by atoms with van der Waals surface area (Å²) in [4.78, 5) is 14.5. The Morgan fingerprint density at radius 3 is 2.92 bits per heavy atom. The molecule has 13 heavy (non-hydrogen) atoms. The lowest BCUT2D eigenvalue weighted by Crippen LogP contribution is -2.25. The van der Waals surface area contributed by atoms with Gasteiger partial charge in [-0.25, -0.2) is 0 Å². The molecular weight excluding hydrogens is 168 g/mol. The third-order valence-electron chi connectivity index (χ3n) is 1.84. The van der Waals surface area contributed by atoms with Gasteiger partial charge in [0, 0.05) is 18.9 Å². The second-order valence-corrected chi connectivity index (χ2v) is 2.84. The van der Waals surface area contributed by atoms with Crippen molar-refractivity contribution in [2.24, 2.45) is 11.7 Å². The standard InChI is InChI=1S/C9H12N2O2/c10-5-8(9(12)13)4-7-2-1-3-11-6-7/h1-3,6,8H,4-5,10H2,(H,12,13). The van der Waals surface area contributed by atoms with Crippen LogP contribution in [0.4, 0.5) is 0 Å². The summed E-state index contributed by atoms with van der Waals surface area (Å²) in [5.74, 6) is -1.37. The fraction of sp³-hybridized carbons (Fsp3) is 0.333. The smallest absolute Gasteiger partial charge is 0.308 e. The van der Waals surface area contributed by atoms with Crippen LogP contribution in [-0.2, 0) is 11.2 Å². The van der Waals surface area contributed by atoms with Crippen LogP contribution < -0.4 is 5.73 Å². The van der Waals surface area contributed by atoms with Gasteiger partial charge in [0.15, 0.2) is 0 Å². The fourth-order valence-electron chi connectivity index (χ4n) is 1.07. The molecule has 0 spiro atoms. The summed E-state index contributed by atoms with van der Waals surface area (Å²) in [5, 5.41) is 8.73. The van der Waals surface area contributed by atoms with Crippen molar-refractivity contribution in [1.82, 2.24) is 4.98 Å². The molecule has 0 bridgehead atoms. The summed E-state index contributed by atoms with van der Waals surface area (Å²) in [7, 11) is 0. The SMILES string of the molecule is NCC(Cc1cccnc1)C(=O)O. The molecule has 0 amide bonds. The molecule has 4 heteroatoms. The molecule has 0 aliphatic carbocycles. The van der Waals surface area contributed by atoms with Gasteiger partial charge >= 0.3 is 5.97 Å². The van der Waals surface area contributed by atoms with Crippen molar-refractivity contribution >= 4 is 5.97 Å². The van der Waals surface area contributed by atoms with Gasteiger partial charge in [0.25, 0.3) is 0 Å². The number of carboxylic acid groups (broad SMARTS) is 1. The Balaban J connectivity index is 2.62. The van der Waals surface area contributed by atoms with E-state index in [4.69, 9.17) is 10.8 Å². The normalized spacial score (nSPS) is 12.4. The molecule has 1 unspecified atom stereocenters. The number of hydrogen-bond acceptors (Lipinski definition) is 3. The van der Waals surface area contributed by atoms with Gasteiger partial charge in [-0.1, -0.05) is 6.07 Å². The van der Waals surface area contributed by atoms with Crippen LogP contribution in [0.3, 0.4) is 0 Å². The van der Waals surface area contributed by atoms with Crippen molar-refractivity contribution < 1.29 is 9.90 Å². The summed E-state index contributed by atoms with van der Waals surface area (Å²) in [6.07, 6.45) is 3.76. The number of nitrogens with two attached hydrogens (primary N) is 1. The Morgan fingerprint density at radius 1 is 1.69 bits per heavy atom. The van der Waals surface area contributed by atoms with Crippen LogP contribution >= 0.6 is 0 Å². The van der Waals surface area contributed by atoms with Gasteiger partial charge in [-0.3, -0.25) is 9.78 Å². The molecule has 0 saturated carbocycles. The third-order valence-corrected chi connectivity index (χ3v) is 1.84. The summed E-state index contributed by atoms with van der Waals surface area (Å²) in [6, 6.07) is 3.63. The minimum absolute atomic E-state index is 0.157. The van der Waals surface area contributed by atoms with Gasteiger partial charge in [-0.2, -0.15) is 0 Å². The zero-order valence-electron chi connectivity index (χ0n) is 7.18. The highest BCUT2D eigenvalue weighted by molar-refractivity contribution is 5.70. The summed E-state index contributed by atoms with van der Waals surface area (Å²) >= 11 is 0. The van der Waals surface area contributed by atoms with Crippen molar-refractivity contribution in [3.8, 4) is 0 Å². The van der Waals surface area contributed by atoms with E-state index >= 15 is 0 Å². The van der Waals surface area contributed by atoms with Gasteiger partial charge in [-0.05, 0) is 18.1 Å². The number of carboxylic acids is 1. The van der Waals surface area contributed by atoms with E-state index in [1.807, 2.05) is 6.07 Å². The van der Waals surface area contributed by atoms with Crippen molar-refractivity contribution in [2.45, 2.75) is 6.42 Å². The van der Waals surface area contributed by atoms with Crippen LogP contribution in [0.25, 0.3) is 0 Å². The number of aromatic nitrogens is 1. The molecule has 3 N–H and O–H groups in total. The van der Waals surface area contributed by atoms with Gasteiger partial charge in [0.2, 0.25) is 0 Å². The number of rotatable bonds is 4. The van der Waals surface area contributed by atoms with E-state index in [1.54, 1.807) is 18.5 Å². The van der Waals surface area contributed by atoms with Crippen LogP contribution in [0, 0.1) is 5.92 Å². The lowest BCUT2D eigenvalue weighted by atomic mass is 10.0. The highest BCUT2D eigenvalue weighted by Crippen LogP contribution is 2.06. The van der Waals surface area contributed by atoms with Crippen LogP contribution in [0.15, 0.2) is 24.5 Å². The maximum atomic E-state index is 10.6. The van der Waals surface area contributed by atoms with Gasteiger partial charge in [0.1, 0.15) is 0 Å².